The number of para-hydroxylation sites is 1. The van der Waals surface area contributed by atoms with E-state index in [0.29, 0.717) is 30.0 Å². The second-order valence-corrected chi connectivity index (χ2v) is 5.97. The van der Waals surface area contributed by atoms with E-state index >= 15 is 0 Å². The Labute approximate surface area is 156 Å². The zero-order chi connectivity index (χ0) is 19.2. The van der Waals surface area contributed by atoms with Crippen molar-refractivity contribution in [2.75, 3.05) is 14.2 Å². The van der Waals surface area contributed by atoms with E-state index in [1.165, 1.54) is 6.20 Å². The first-order valence-electron chi connectivity index (χ1n) is 8.55. The Balaban J connectivity index is 1.61. The van der Waals surface area contributed by atoms with Gasteiger partial charge in [0, 0.05) is 18.4 Å². The number of benzene rings is 2. The lowest BCUT2D eigenvalue weighted by atomic mass is 10.2. The summed E-state index contributed by atoms with van der Waals surface area (Å²) >= 11 is 0. The number of aryl methyl sites for hydroxylation is 1. The maximum absolute atomic E-state index is 12.2. The van der Waals surface area contributed by atoms with Gasteiger partial charge in [-0.25, -0.2) is 0 Å². The molecule has 7 nitrogen and oxygen atoms in total. The molecule has 1 aromatic heterocycles. The molecule has 3 aromatic rings. The highest BCUT2D eigenvalue weighted by Crippen LogP contribution is 2.27. The second-order valence-electron chi connectivity index (χ2n) is 5.97. The van der Waals surface area contributed by atoms with Crippen molar-refractivity contribution >= 4 is 16.8 Å². The molecule has 0 aliphatic heterocycles. The standard InChI is InChI=1S/C20H21N3O4/c1-26-18-8-7-14(11-19(18)27-2)12-21-20(25)9-10-23-16-6-4-3-5-15(16)17(24)13-22-23/h3-8,11,13H,9-10,12H2,1-2H3,(H,21,25). The van der Waals surface area contributed by atoms with Gasteiger partial charge in [0.25, 0.3) is 0 Å². The average Bonchev–Trinajstić information content (AvgIpc) is 2.71. The number of carbonyl (C=O) groups is 1. The molecule has 27 heavy (non-hydrogen) atoms. The zero-order valence-corrected chi connectivity index (χ0v) is 15.3. The van der Waals surface area contributed by atoms with Crippen LogP contribution < -0.4 is 20.2 Å². The first-order chi connectivity index (χ1) is 13.1. The van der Waals surface area contributed by atoms with E-state index in [-0.39, 0.29) is 17.8 Å². The van der Waals surface area contributed by atoms with Gasteiger partial charge in [0.2, 0.25) is 11.3 Å². The summed E-state index contributed by atoms with van der Waals surface area (Å²) in [4.78, 5) is 24.1. The van der Waals surface area contributed by atoms with Crippen LogP contribution in [-0.4, -0.2) is 29.9 Å². The third-order valence-corrected chi connectivity index (χ3v) is 4.25. The lowest BCUT2D eigenvalue weighted by Crippen LogP contribution is -2.24. The van der Waals surface area contributed by atoms with Crippen molar-refractivity contribution in [3.8, 4) is 11.5 Å². The summed E-state index contributed by atoms with van der Waals surface area (Å²) in [5.74, 6) is 1.16. The predicted molar refractivity (Wildman–Crippen MR) is 102 cm³/mol. The number of carbonyl (C=O) groups excluding carboxylic acids is 1. The fourth-order valence-electron chi connectivity index (χ4n) is 2.83. The number of ether oxygens (including phenoxy) is 2. The Morgan fingerprint density at radius 1 is 1.11 bits per heavy atom. The molecule has 1 N–H and O–H groups in total. The Bertz CT molecular complexity index is 1010. The van der Waals surface area contributed by atoms with E-state index in [4.69, 9.17) is 9.47 Å². The van der Waals surface area contributed by atoms with E-state index in [0.717, 1.165) is 11.1 Å². The molecule has 0 atom stereocenters. The molecule has 0 bridgehead atoms. The van der Waals surface area contributed by atoms with Gasteiger partial charge >= 0.3 is 0 Å². The molecule has 0 saturated heterocycles. The number of fused-ring (bicyclic) bond motifs is 1. The SMILES string of the molecule is COc1ccc(CNC(=O)CCn2ncc(=O)c3ccccc32)cc1OC. The molecule has 0 aliphatic rings. The van der Waals surface area contributed by atoms with Crippen molar-refractivity contribution in [1.82, 2.24) is 15.1 Å². The normalized spacial score (nSPS) is 10.6. The van der Waals surface area contributed by atoms with Crippen LogP contribution in [0.5, 0.6) is 11.5 Å². The molecule has 0 unspecified atom stereocenters. The van der Waals surface area contributed by atoms with Gasteiger partial charge in [-0.15, -0.1) is 0 Å². The van der Waals surface area contributed by atoms with Crippen LogP contribution in [0.4, 0.5) is 0 Å². The van der Waals surface area contributed by atoms with Crippen LogP contribution in [0.2, 0.25) is 0 Å². The van der Waals surface area contributed by atoms with Crippen molar-refractivity contribution in [2.24, 2.45) is 0 Å². The highest BCUT2D eigenvalue weighted by molar-refractivity contribution is 5.79. The van der Waals surface area contributed by atoms with Crippen molar-refractivity contribution in [3.05, 3.63) is 64.4 Å². The van der Waals surface area contributed by atoms with Gasteiger partial charge in [-0.1, -0.05) is 18.2 Å². The first kappa shape index (κ1) is 18.4. The quantitative estimate of drug-likeness (QED) is 0.692. The van der Waals surface area contributed by atoms with Gasteiger partial charge in [0.05, 0.1) is 32.5 Å². The summed E-state index contributed by atoms with van der Waals surface area (Å²) in [6.07, 6.45) is 1.54. The number of methoxy groups -OCH3 is 2. The fraction of sp³-hybridized carbons (Fsp3) is 0.250. The van der Waals surface area contributed by atoms with Crippen LogP contribution in [0.15, 0.2) is 53.5 Å². The Kier molecular flexibility index (Phi) is 5.71. The first-order valence-corrected chi connectivity index (χ1v) is 8.55. The Morgan fingerprint density at radius 2 is 1.89 bits per heavy atom. The van der Waals surface area contributed by atoms with Crippen LogP contribution in [0.3, 0.4) is 0 Å². The molecule has 3 rings (SSSR count). The van der Waals surface area contributed by atoms with Gasteiger partial charge < -0.3 is 14.8 Å². The van der Waals surface area contributed by atoms with Crippen LogP contribution in [0.25, 0.3) is 10.9 Å². The molecule has 0 spiro atoms. The third kappa shape index (κ3) is 4.25. The van der Waals surface area contributed by atoms with E-state index in [2.05, 4.69) is 10.4 Å². The lowest BCUT2D eigenvalue weighted by Gasteiger charge is -2.11. The number of aromatic nitrogens is 2. The monoisotopic (exact) mass is 367 g/mol. The van der Waals surface area contributed by atoms with Gasteiger partial charge in [-0.2, -0.15) is 5.10 Å². The summed E-state index contributed by atoms with van der Waals surface area (Å²) in [5.41, 5.74) is 1.50. The Hall–Kier alpha value is -3.35. The molecule has 0 aliphatic carbocycles. The van der Waals surface area contributed by atoms with Crippen LogP contribution in [0.1, 0.15) is 12.0 Å². The molecule has 0 radical (unpaired) electrons. The van der Waals surface area contributed by atoms with Crippen LogP contribution >= 0.6 is 0 Å². The highest BCUT2D eigenvalue weighted by Gasteiger charge is 2.08. The molecular weight excluding hydrogens is 346 g/mol. The van der Waals surface area contributed by atoms with Crippen molar-refractivity contribution in [2.45, 2.75) is 19.5 Å². The van der Waals surface area contributed by atoms with E-state index in [1.54, 1.807) is 31.0 Å². The number of hydrogen-bond donors (Lipinski definition) is 1. The van der Waals surface area contributed by atoms with E-state index in [1.807, 2.05) is 30.3 Å². The van der Waals surface area contributed by atoms with E-state index < -0.39 is 0 Å². The highest BCUT2D eigenvalue weighted by atomic mass is 16.5. The minimum atomic E-state index is -0.125. The minimum Gasteiger partial charge on any atom is -0.493 e. The predicted octanol–water partition coefficient (Wildman–Crippen LogP) is 2.12. The molecule has 140 valence electrons. The number of rotatable bonds is 7. The maximum atomic E-state index is 12.2. The van der Waals surface area contributed by atoms with Gasteiger partial charge in [-0.3, -0.25) is 14.3 Å². The van der Waals surface area contributed by atoms with Crippen LogP contribution in [0, 0.1) is 0 Å². The summed E-state index contributed by atoms with van der Waals surface area (Å²) in [6.45, 7) is 0.774. The third-order valence-electron chi connectivity index (χ3n) is 4.25. The summed E-state index contributed by atoms with van der Waals surface area (Å²) in [7, 11) is 3.15. The second kappa shape index (κ2) is 8.35. The molecule has 0 fully saturated rings. The summed E-state index contributed by atoms with van der Waals surface area (Å²) in [5, 5.41) is 7.61. The maximum Gasteiger partial charge on any atom is 0.222 e. The average molecular weight is 367 g/mol. The van der Waals surface area contributed by atoms with Crippen LogP contribution in [-0.2, 0) is 17.9 Å². The molecule has 0 saturated carbocycles. The van der Waals surface area contributed by atoms with Gasteiger partial charge in [0.15, 0.2) is 11.5 Å². The van der Waals surface area contributed by atoms with Gasteiger partial charge in [0.1, 0.15) is 0 Å². The smallest absolute Gasteiger partial charge is 0.222 e. The zero-order valence-electron chi connectivity index (χ0n) is 15.3. The number of amides is 1. The van der Waals surface area contributed by atoms with Gasteiger partial charge in [-0.05, 0) is 29.8 Å². The number of nitrogens with zero attached hydrogens (tertiary/aromatic N) is 2. The number of hydrogen-bond acceptors (Lipinski definition) is 5. The van der Waals surface area contributed by atoms with Crippen molar-refractivity contribution < 1.29 is 14.3 Å². The summed E-state index contributed by atoms with van der Waals surface area (Å²) < 4.78 is 12.1. The molecule has 2 aromatic carbocycles. The molecule has 1 amide bonds. The van der Waals surface area contributed by atoms with E-state index in [9.17, 15) is 9.59 Å². The summed E-state index contributed by atoms with van der Waals surface area (Å²) in [6, 6.07) is 12.7. The molecule has 1 heterocycles. The lowest BCUT2D eigenvalue weighted by molar-refractivity contribution is -0.121. The molecule has 7 heteroatoms. The molecular formula is C20H21N3O4. The Morgan fingerprint density at radius 3 is 2.67 bits per heavy atom. The number of nitrogens with one attached hydrogen (secondary N) is 1. The topological polar surface area (TPSA) is 82.5 Å². The van der Waals surface area contributed by atoms with Crippen molar-refractivity contribution in [1.29, 1.82) is 0 Å². The van der Waals surface area contributed by atoms with Crippen molar-refractivity contribution in [3.63, 3.8) is 0 Å². The minimum absolute atomic E-state index is 0.102. The largest absolute Gasteiger partial charge is 0.493 e. The fourth-order valence-corrected chi connectivity index (χ4v) is 2.83.